The third-order valence-electron chi connectivity index (χ3n) is 2.76. The van der Waals surface area contributed by atoms with Crippen LogP contribution < -0.4 is 0 Å². The smallest absolute Gasteiger partial charge is 0.419 e. The molecular weight excluding hydrogens is 227 g/mol. The molecule has 0 aromatic rings. The zero-order valence-electron chi connectivity index (χ0n) is 9.04. The van der Waals surface area contributed by atoms with Crippen LogP contribution in [0.2, 0.25) is 0 Å². The van der Waals surface area contributed by atoms with E-state index < -0.39 is 36.9 Å². The van der Waals surface area contributed by atoms with E-state index in [9.17, 15) is 18.0 Å². The third-order valence-corrected chi connectivity index (χ3v) is 2.76. The van der Waals surface area contributed by atoms with E-state index in [1.165, 1.54) is 18.7 Å². The van der Waals surface area contributed by atoms with Crippen LogP contribution in [0.1, 0.15) is 13.8 Å². The number of aliphatic carboxylic acids is 1. The summed E-state index contributed by atoms with van der Waals surface area (Å²) in [6.45, 7) is 1.95. The number of hydrogen-bond acceptors (Lipinski definition) is 3. The summed E-state index contributed by atoms with van der Waals surface area (Å²) < 4.78 is 42.8. The Bertz CT molecular complexity index is 274. The molecular formula is C9H14F3NO3. The van der Waals surface area contributed by atoms with Gasteiger partial charge in [0, 0.05) is 19.7 Å². The van der Waals surface area contributed by atoms with Gasteiger partial charge >= 0.3 is 12.1 Å². The number of halogens is 3. The SMILES string of the molecule is CCOC1(C(F)(F)F)CN([C@@H](C)C(=O)O)C1. The quantitative estimate of drug-likeness (QED) is 0.801. The first-order valence-corrected chi connectivity index (χ1v) is 4.91. The molecule has 0 saturated carbocycles. The molecule has 0 bridgehead atoms. The number of hydrogen-bond donors (Lipinski definition) is 1. The Morgan fingerprint density at radius 1 is 1.56 bits per heavy atom. The molecule has 1 aliphatic heterocycles. The first-order chi connectivity index (χ1) is 7.23. The molecule has 1 heterocycles. The van der Waals surface area contributed by atoms with Gasteiger partial charge in [-0.25, -0.2) is 0 Å². The van der Waals surface area contributed by atoms with Crippen molar-refractivity contribution in [3.8, 4) is 0 Å². The Labute approximate surface area is 91.0 Å². The summed E-state index contributed by atoms with van der Waals surface area (Å²) in [4.78, 5) is 11.8. The average molecular weight is 241 g/mol. The Morgan fingerprint density at radius 2 is 2.06 bits per heavy atom. The van der Waals surface area contributed by atoms with Gasteiger partial charge in [0.1, 0.15) is 6.04 Å². The summed E-state index contributed by atoms with van der Waals surface area (Å²) in [5.74, 6) is -1.13. The van der Waals surface area contributed by atoms with Gasteiger partial charge in [0.05, 0.1) is 0 Å². The maximum Gasteiger partial charge on any atom is 0.419 e. The Hall–Kier alpha value is -0.820. The molecule has 0 aliphatic carbocycles. The highest BCUT2D eigenvalue weighted by molar-refractivity contribution is 5.73. The van der Waals surface area contributed by atoms with Gasteiger partial charge in [0.25, 0.3) is 0 Å². The third kappa shape index (κ3) is 2.15. The number of ether oxygens (including phenoxy) is 1. The number of alkyl halides is 3. The van der Waals surface area contributed by atoms with E-state index in [1.807, 2.05) is 0 Å². The molecule has 1 N–H and O–H groups in total. The number of carboxylic acids is 1. The van der Waals surface area contributed by atoms with Crippen LogP contribution in [-0.4, -0.2) is 53.5 Å². The fraction of sp³-hybridized carbons (Fsp3) is 0.889. The zero-order chi connectivity index (χ0) is 12.6. The lowest BCUT2D eigenvalue weighted by Gasteiger charge is -2.51. The van der Waals surface area contributed by atoms with Crippen molar-refractivity contribution in [2.75, 3.05) is 19.7 Å². The van der Waals surface area contributed by atoms with Gasteiger partial charge in [0.15, 0.2) is 5.60 Å². The standard InChI is InChI=1S/C9H14F3NO3/c1-3-16-8(9(10,11)12)4-13(5-8)6(2)7(14)15/h6H,3-5H2,1-2H3,(H,14,15)/t6-/m0/s1. The van der Waals surface area contributed by atoms with Crippen LogP contribution in [0, 0.1) is 0 Å². The van der Waals surface area contributed by atoms with Crippen LogP contribution in [0.15, 0.2) is 0 Å². The first-order valence-electron chi connectivity index (χ1n) is 4.91. The summed E-state index contributed by atoms with van der Waals surface area (Å²) in [5, 5.41) is 8.66. The molecule has 0 aromatic carbocycles. The molecule has 1 fully saturated rings. The van der Waals surface area contributed by atoms with Gasteiger partial charge < -0.3 is 9.84 Å². The summed E-state index contributed by atoms with van der Waals surface area (Å²) in [6.07, 6.45) is -4.46. The minimum atomic E-state index is -4.46. The maximum atomic E-state index is 12.7. The van der Waals surface area contributed by atoms with Gasteiger partial charge in [-0.2, -0.15) is 13.2 Å². The molecule has 0 spiro atoms. The van der Waals surface area contributed by atoms with E-state index in [4.69, 9.17) is 9.84 Å². The first kappa shape index (κ1) is 13.2. The molecule has 0 radical (unpaired) electrons. The van der Waals surface area contributed by atoms with E-state index in [1.54, 1.807) is 0 Å². The van der Waals surface area contributed by atoms with Crippen LogP contribution in [0.5, 0.6) is 0 Å². The number of nitrogens with zero attached hydrogens (tertiary/aromatic N) is 1. The molecule has 7 heteroatoms. The lowest BCUT2D eigenvalue weighted by Crippen LogP contribution is -2.72. The molecule has 16 heavy (non-hydrogen) atoms. The minimum Gasteiger partial charge on any atom is -0.480 e. The monoisotopic (exact) mass is 241 g/mol. The normalized spacial score (nSPS) is 22.6. The summed E-state index contributed by atoms with van der Waals surface area (Å²) >= 11 is 0. The van der Waals surface area contributed by atoms with Crippen molar-refractivity contribution in [3.63, 3.8) is 0 Å². The van der Waals surface area contributed by atoms with Crippen molar-refractivity contribution < 1.29 is 27.8 Å². The number of carboxylic acid groups (broad SMARTS) is 1. The summed E-state index contributed by atoms with van der Waals surface area (Å²) in [6, 6.07) is -0.920. The second-order valence-corrected chi connectivity index (χ2v) is 3.84. The van der Waals surface area contributed by atoms with Crippen molar-refractivity contribution in [2.45, 2.75) is 31.7 Å². The second-order valence-electron chi connectivity index (χ2n) is 3.84. The van der Waals surface area contributed by atoms with Crippen LogP contribution in [-0.2, 0) is 9.53 Å². The van der Waals surface area contributed by atoms with Crippen LogP contribution >= 0.6 is 0 Å². The van der Waals surface area contributed by atoms with E-state index in [-0.39, 0.29) is 6.61 Å². The van der Waals surface area contributed by atoms with E-state index >= 15 is 0 Å². The topological polar surface area (TPSA) is 49.8 Å². The average Bonchev–Trinajstić information content (AvgIpc) is 2.07. The van der Waals surface area contributed by atoms with Crippen molar-refractivity contribution >= 4 is 5.97 Å². The van der Waals surface area contributed by atoms with Crippen LogP contribution in [0.4, 0.5) is 13.2 Å². The lowest BCUT2D eigenvalue weighted by molar-refractivity contribution is -0.320. The van der Waals surface area contributed by atoms with Crippen LogP contribution in [0.3, 0.4) is 0 Å². The van der Waals surface area contributed by atoms with Crippen molar-refractivity contribution in [2.24, 2.45) is 0 Å². The molecule has 0 aromatic heterocycles. The molecule has 0 unspecified atom stereocenters. The van der Waals surface area contributed by atoms with Crippen LogP contribution in [0.25, 0.3) is 0 Å². The second kappa shape index (κ2) is 4.21. The fourth-order valence-electron chi connectivity index (χ4n) is 1.67. The highest BCUT2D eigenvalue weighted by Crippen LogP contribution is 2.41. The Kier molecular flexibility index (Phi) is 3.49. The summed E-state index contributed by atoms with van der Waals surface area (Å²) in [7, 11) is 0. The van der Waals surface area contributed by atoms with E-state index in [2.05, 4.69) is 0 Å². The molecule has 1 atom stereocenters. The maximum absolute atomic E-state index is 12.7. The van der Waals surface area contributed by atoms with Gasteiger partial charge in [-0.3, -0.25) is 9.69 Å². The molecule has 0 amide bonds. The minimum absolute atomic E-state index is 0.0468. The fourth-order valence-corrected chi connectivity index (χ4v) is 1.67. The Morgan fingerprint density at radius 3 is 2.38 bits per heavy atom. The predicted molar refractivity (Wildman–Crippen MR) is 49.1 cm³/mol. The molecule has 94 valence electrons. The molecule has 1 rings (SSSR count). The van der Waals surface area contributed by atoms with E-state index in [0.717, 1.165) is 0 Å². The van der Waals surface area contributed by atoms with E-state index in [0.29, 0.717) is 0 Å². The largest absolute Gasteiger partial charge is 0.480 e. The zero-order valence-corrected chi connectivity index (χ0v) is 9.04. The molecule has 1 saturated heterocycles. The van der Waals surface area contributed by atoms with Gasteiger partial charge in [-0.05, 0) is 13.8 Å². The molecule has 1 aliphatic rings. The van der Waals surface area contributed by atoms with Gasteiger partial charge in [-0.1, -0.05) is 0 Å². The lowest BCUT2D eigenvalue weighted by atomic mass is 9.91. The molecule has 4 nitrogen and oxygen atoms in total. The number of carbonyl (C=O) groups is 1. The highest BCUT2D eigenvalue weighted by atomic mass is 19.4. The number of likely N-dealkylation sites (tertiary alicyclic amines) is 1. The van der Waals surface area contributed by atoms with Crippen molar-refractivity contribution in [3.05, 3.63) is 0 Å². The van der Waals surface area contributed by atoms with Gasteiger partial charge in [-0.15, -0.1) is 0 Å². The highest BCUT2D eigenvalue weighted by Gasteiger charge is 2.64. The summed E-state index contributed by atoms with van der Waals surface area (Å²) in [5.41, 5.74) is -2.19. The van der Waals surface area contributed by atoms with Crippen molar-refractivity contribution in [1.82, 2.24) is 4.90 Å². The van der Waals surface area contributed by atoms with Gasteiger partial charge in [0.2, 0.25) is 0 Å². The predicted octanol–water partition coefficient (Wildman–Crippen LogP) is 1.11. The number of rotatable bonds is 4. The van der Waals surface area contributed by atoms with Crippen molar-refractivity contribution in [1.29, 1.82) is 0 Å². The Balaban J connectivity index is 2.66.